The summed E-state index contributed by atoms with van der Waals surface area (Å²) < 4.78 is 1.57. The van der Waals surface area contributed by atoms with Crippen molar-refractivity contribution in [2.45, 2.75) is 147 Å². The second-order valence-electron chi connectivity index (χ2n) is 16.2. The minimum atomic E-state index is -0.941. The number of nitrogens with zero attached hydrogens (tertiary/aromatic N) is 6. The third-order valence-electron chi connectivity index (χ3n) is 10.4. The van der Waals surface area contributed by atoms with Crippen molar-refractivity contribution in [1.29, 1.82) is 0 Å². The number of carbonyl (C=O) groups excluding carboxylic acids is 9. The Balaban J connectivity index is 1.21. The first kappa shape index (κ1) is 46.6. The lowest BCUT2D eigenvalue weighted by Gasteiger charge is -2.28. The zero-order valence-corrected chi connectivity index (χ0v) is 35.4. The van der Waals surface area contributed by atoms with Gasteiger partial charge in [0.25, 0.3) is 23.6 Å². The lowest BCUT2D eigenvalue weighted by molar-refractivity contribution is -0.198. The number of hydrogen-bond acceptors (Lipinski definition) is 14. The predicted octanol–water partition coefficient (Wildman–Crippen LogP) is 1.81. The Kier molecular flexibility index (Phi) is 16.8. The minimum absolute atomic E-state index is 0.0329. The Morgan fingerprint density at radius 2 is 1.41 bits per heavy atom. The molecule has 1 aromatic rings. The molecule has 0 bridgehead atoms. The molecule has 2 unspecified atom stereocenters. The summed E-state index contributed by atoms with van der Waals surface area (Å²) in [7, 11) is 0. The summed E-state index contributed by atoms with van der Waals surface area (Å²) in [6, 6.07) is 0.127. The van der Waals surface area contributed by atoms with Crippen LogP contribution in [0.1, 0.15) is 124 Å². The number of carbonyl (C=O) groups is 9. The first-order valence-electron chi connectivity index (χ1n) is 20.1. The molecule has 0 spiro atoms. The number of hydrogen-bond donors (Lipinski definition) is 3. The molecule has 0 aromatic carbocycles. The molecule has 0 aliphatic carbocycles. The molecule has 326 valence electrons. The highest BCUT2D eigenvalue weighted by Gasteiger charge is 2.35. The van der Waals surface area contributed by atoms with Crippen LogP contribution in [0, 0.1) is 0 Å². The molecule has 4 heterocycles. The summed E-state index contributed by atoms with van der Waals surface area (Å²) in [5.74, 6) is -4.21. The van der Waals surface area contributed by atoms with E-state index in [0.717, 1.165) is 37.9 Å². The number of thioether (sulfide) groups is 1. The molecule has 20 nitrogen and oxygen atoms in total. The van der Waals surface area contributed by atoms with Crippen LogP contribution in [0.15, 0.2) is 6.20 Å². The molecule has 8 amide bonds. The molecule has 1 aromatic heterocycles. The van der Waals surface area contributed by atoms with Crippen molar-refractivity contribution in [3.05, 3.63) is 11.9 Å². The average molecular weight is 848 g/mol. The van der Waals surface area contributed by atoms with Gasteiger partial charge in [-0.3, -0.25) is 28.8 Å². The number of aromatic nitrogens is 3. The molecule has 4 rings (SSSR count). The molecule has 3 aliphatic heterocycles. The van der Waals surface area contributed by atoms with E-state index in [9.17, 15) is 43.2 Å². The molecule has 3 aliphatic rings. The number of unbranched alkanes of at least 4 members (excludes halogenated alkanes) is 2. The van der Waals surface area contributed by atoms with Crippen LogP contribution in [0.2, 0.25) is 0 Å². The van der Waals surface area contributed by atoms with E-state index in [1.54, 1.807) is 22.6 Å². The molecule has 2 atom stereocenters. The zero-order valence-electron chi connectivity index (χ0n) is 34.5. The molecular weight excluding hydrogens is 791 g/mol. The number of rotatable bonds is 24. The highest BCUT2D eigenvalue weighted by atomic mass is 32.2. The topological polar surface area (TPSA) is 249 Å². The number of hydroxylamine groups is 4. The van der Waals surface area contributed by atoms with E-state index in [0.29, 0.717) is 35.2 Å². The molecule has 3 fully saturated rings. The third-order valence-corrected chi connectivity index (χ3v) is 11.8. The zero-order chi connectivity index (χ0) is 43.3. The minimum Gasteiger partial charge on any atom is -0.356 e. The lowest BCUT2D eigenvalue weighted by atomic mass is 10.0. The fourth-order valence-corrected chi connectivity index (χ4v) is 7.91. The fourth-order valence-electron chi connectivity index (χ4n) is 6.51. The standard InChI is InChI=1S/C38H57N9O11S/c1-25-27(41-36(56)40-25)9-7-6-8-10-28(48)39-19-17-38(4,5)59-22-18-37(2,3)45-24-26(42-43-45)23-33(53)44(20-15-34(54)57-46-29(49)11-12-30(46)50)21-16-35(55)58-47-31(51)13-14-32(47)52/h24-25,27H,6-23H2,1-5H3,(H,39,48)(H2,40,41,56). The summed E-state index contributed by atoms with van der Waals surface area (Å²) >= 11 is 1.78. The van der Waals surface area contributed by atoms with Crippen LogP contribution in [0.25, 0.3) is 0 Å². The normalized spacial score (nSPS) is 18.3. The number of urea groups is 1. The van der Waals surface area contributed by atoms with Crippen molar-refractivity contribution in [1.82, 2.24) is 46.0 Å². The second-order valence-corrected chi connectivity index (χ2v) is 18.0. The van der Waals surface area contributed by atoms with Crippen LogP contribution < -0.4 is 16.0 Å². The molecule has 21 heteroatoms. The van der Waals surface area contributed by atoms with Crippen LogP contribution >= 0.6 is 11.8 Å². The smallest absolute Gasteiger partial charge is 0.334 e. The highest BCUT2D eigenvalue weighted by Crippen LogP contribution is 2.31. The van der Waals surface area contributed by atoms with Crippen LogP contribution in [0.3, 0.4) is 0 Å². The van der Waals surface area contributed by atoms with E-state index in [1.165, 1.54) is 4.90 Å². The van der Waals surface area contributed by atoms with E-state index in [-0.39, 0.29) is 74.0 Å². The Morgan fingerprint density at radius 1 is 0.831 bits per heavy atom. The van der Waals surface area contributed by atoms with E-state index >= 15 is 0 Å². The van der Waals surface area contributed by atoms with Gasteiger partial charge in [0.15, 0.2) is 0 Å². The monoisotopic (exact) mass is 847 g/mol. The van der Waals surface area contributed by atoms with Gasteiger partial charge in [0.1, 0.15) is 0 Å². The van der Waals surface area contributed by atoms with Crippen LogP contribution in [0.5, 0.6) is 0 Å². The maximum atomic E-state index is 13.5. The average Bonchev–Trinajstić information content (AvgIpc) is 3.93. The van der Waals surface area contributed by atoms with Crippen molar-refractivity contribution < 1.29 is 52.8 Å². The van der Waals surface area contributed by atoms with Gasteiger partial charge in [-0.05, 0) is 52.2 Å². The lowest BCUT2D eigenvalue weighted by Crippen LogP contribution is -2.39. The highest BCUT2D eigenvalue weighted by molar-refractivity contribution is 8.00. The van der Waals surface area contributed by atoms with Gasteiger partial charge < -0.3 is 30.5 Å². The van der Waals surface area contributed by atoms with Crippen molar-refractivity contribution in [2.24, 2.45) is 0 Å². The quantitative estimate of drug-likeness (QED) is 0.0992. The number of imide groups is 2. The van der Waals surface area contributed by atoms with Crippen molar-refractivity contribution >= 4 is 65.2 Å². The largest absolute Gasteiger partial charge is 0.356 e. The summed E-state index contributed by atoms with van der Waals surface area (Å²) in [6.45, 7) is 10.3. The third kappa shape index (κ3) is 14.6. The van der Waals surface area contributed by atoms with Crippen molar-refractivity contribution in [3.8, 4) is 0 Å². The van der Waals surface area contributed by atoms with Crippen LogP contribution in [0.4, 0.5) is 4.79 Å². The first-order valence-corrected chi connectivity index (χ1v) is 21.1. The van der Waals surface area contributed by atoms with Gasteiger partial charge in [-0.2, -0.15) is 11.8 Å². The molecule has 0 saturated carbocycles. The maximum Gasteiger partial charge on any atom is 0.334 e. The fraction of sp³-hybridized carbons (Fsp3) is 0.711. The maximum absolute atomic E-state index is 13.5. The Labute approximate surface area is 347 Å². The van der Waals surface area contributed by atoms with E-state index in [1.807, 2.05) is 20.8 Å². The van der Waals surface area contributed by atoms with Crippen molar-refractivity contribution in [3.63, 3.8) is 0 Å². The molecule has 59 heavy (non-hydrogen) atoms. The first-order chi connectivity index (χ1) is 27.8. The summed E-state index contributed by atoms with van der Waals surface area (Å²) in [6.07, 6.45) is 5.77. The predicted molar refractivity (Wildman–Crippen MR) is 210 cm³/mol. The second kappa shape index (κ2) is 21.3. The molecular formula is C38H57N9O11S. The van der Waals surface area contributed by atoms with Gasteiger partial charge in [0, 0.05) is 68.7 Å². The molecule has 0 radical (unpaired) electrons. The summed E-state index contributed by atoms with van der Waals surface area (Å²) in [4.78, 5) is 121. The Hall–Kier alpha value is -5.08. The molecule has 3 N–H and O–H groups in total. The molecule has 3 saturated heterocycles. The number of nitrogens with one attached hydrogen (secondary N) is 3. The van der Waals surface area contributed by atoms with Gasteiger partial charge in [-0.1, -0.05) is 31.9 Å². The van der Waals surface area contributed by atoms with Gasteiger partial charge in [-0.15, -0.1) is 15.2 Å². The summed E-state index contributed by atoms with van der Waals surface area (Å²) in [5.41, 5.74) is -0.149. The Morgan fingerprint density at radius 3 is 1.95 bits per heavy atom. The van der Waals surface area contributed by atoms with Crippen LogP contribution in [-0.4, -0.2) is 126 Å². The van der Waals surface area contributed by atoms with E-state index < -0.39 is 59.9 Å². The van der Waals surface area contributed by atoms with Crippen molar-refractivity contribution in [2.75, 3.05) is 25.4 Å². The van der Waals surface area contributed by atoms with Crippen LogP contribution in [-0.2, 0) is 60.0 Å². The van der Waals surface area contributed by atoms with E-state index in [2.05, 4.69) is 40.1 Å². The SMILES string of the molecule is CC1NC(=O)NC1CCCCCC(=O)NCCC(C)(C)SCCC(C)(C)n1cc(CC(=O)N(CCC(=O)ON2C(=O)CCC2=O)CCC(=O)ON2C(=O)CCC2=O)nn1. The van der Waals surface area contributed by atoms with Gasteiger partial charge in [0.05, 0.1) is 36.5 Å². The van der Waals surface area contributed by atoms with E-state index in [4.69, 9.17) is 9.68 Å². The summed E-state index contributed by atoms with van der Waals surface area (Å²) in [5, 5.41) is 18.1. The van der Waals surface area contributed by atoms with Gasteiger partial charge >= 0.3 is 18.0 Å². The van der Waals surface area contributed by atoms with Gasteiger partial charge in [-0.25, -0.2) is 19.1 Å². The number of amides is 8. The van der Waals surface area contributed by atoms with Gasteiger partial charge in [0.2, 0.25) is 11.8 Å². The Bertz CT molecular complexity index is 1660.